The fraction of sp³-hybridized carbons (Fsp3) is 0.985. The Morgan fingerprint density at radius 2 is 0.653 bits per heavy atom. The number of hydrogen-bond acceptors (Lipinski definition) is 6. The molecule has 3 unspecified atom stereocenters. The van der Waals surface area contributed by atoms with Gasteiger partial charge in [-0.2, -0.15) is 0 Å². The molecule has 0 radical (unpaired) electrons. The van der Waals surface area contributed by atoms with Gasteiger partial charge in [-0.15, -0.1) is 0 Å². The Bertz CT molecular complexity index is 1180. The second-order valence-corrected chi connectivity index (χ2v) is 26.3. The number of rotatable bonds is 64. The van der Waals surface area contributed by atoms with E-state index in [-0.39, 0.29) is 19.1 Å². The highest BCUT2D eigenvalue weighted by Crippen LogP contribution is 2.38. The fourth-order valence-electron chi connectivity index (χ4n) is 10.8. The van der Waals surface area contributed by atoms with Gasteiger partial charge in [0.1, 0.15) is 13.2 Å². The summed E-state index contributed by atoms with van der Waals surface area (Å²) in [6, 6.07) is -0.795. The van der Waals surface area contributed by atoms with Crippen LogP contribution in [0.4, 0.5) is 0 Å². The molecule has 0 saturated heterocycles. The van der Waals surface area contributed by atoms with Crippen molar-refractivity contribution in [2.75, 3.05) is 40.9 Å². The number of phosphoric ester groups is 1. The molecule has 0 aromatic carbocycles. The highest BCUT2D eigenvalue weighted by atomic mass is 31.2. The third kappa shape index (κ3) is 61.0. The van der Waals surface area contributed by atoms with E-state index in [2.05, 4.69) is 19.2 Å². The summed E-state index contributed by atoms with van der Waals surface area (Å²) in [5, 5.41) is 14.0. The predicted octanol–water partition coefficient (Wildman–Crippen LogP) is 20.5. The van der Waals surface area contributed by atoms with Crippen LogP contribution in [0.5, 0.6) is 0 Å². The molecule has 3 atom stereocenters. The van der Waals surface area contributed by atoms with Gasteiger partial charge in [0.25, 0.3) is 7.82 Å². The molecule has 2 N–H and O–H groups in total. The van der Waals surface area contributed by atoms with Crippen molar-refractivity contribution in [3.63, 3.8) is 0 Å². The van der Waals surface area contributed by atoms with Crippen LogP contribution in [-0.4, -0.2) is 68.5 Å². The summed E-state index contributed by atoms with van der Waals surface area (Å²) in [6.45, 7) is 4.77. The van der Waals surface area contributed by atoms with Gasteiger partial charge < -0.3 is 28.8 Å². The van der Waals surface area contributed by atoms with Gasteiger partial charge in [0, 0.05) is 6.42 Å². The molecule has 450 valence electrons. The first-order valence-electron chi connectivity index (χ1n) is 33.9. The summed E-state index contributed by atoms with van der Waals surface area (Å²) in [6.07, 6.45) is 72.0. The average molecular weight is 1080 g/mol. The first kappa shape index (κ1) is 74.5. The summed E-state index contributed by atoms with van der Waals surface area (Å²) in [5.41, 5.74) is 0. The van der Waals surface area contributed by atoms with Crippen LogP contribution < -0.4 is 10.2 Å². The molecule has 1 amide bonds. The molecule has 75 heavy (non-hydrogen) atoms. The van der Waals surface area contributed by atoms with E-state index in [9.17, 15) is 19.4 Å². The fourth-order valence-corrected chi connectivity index (χ4v) is 11.5. The lowest BCUT2D eigenvalue weighted by molar-refractivity contribution is -0.870. The van der Waals surface area contributed by atoms with Crippen LogP contribution in [0.3, 0.4) is 0 Å². The molecule has 0 saturated carbocycles. The quantitative estimate of drug-likeness (QED) is 0.0357. The van der Waals surface area contributed by atoms with Crippen molar-refractivity contribution in [1.29, 1.82) is 0 Å². The number of aliphatic hydroxyl groups excluding tert-OH is 1. The number of unbranched alkanes of at least 4 members (excludes halogenated alkanes) is 51. The molecule has 0 aromatic heterocycles. The number of aliphatic hydroxyl groups is 1. The second kappa shape index (κ2) is 58.2. The number of amides is 1. The third-order valence-corrected chi connectivity index (χ3v) is 17.1. The van der Waals surface area contributed by atoms with Gasteiger partial charge >= 0.3 is 0 Å². The monoisotopic (exact) mass is 1080 g/mol. The smallest absolute Gasteiger partial charge is 0.268 e. The number of quaternary nitrogens is 1. The Hall–Kier alpha value is -0.500. The Balaban J connectivity index is 3.77. The van der Waals surface area contributed by atoms with E-state index in [1.165, 1.54) is 302 Å². The Labute approximate surface area is 470 Å². The molecule has 0 rings (SSSR count). The first-order valence-corrected chi connectivity index (χ1v) is 35.3. The number of phosphoric acid groups is 1. The molecular weight excluding hydrogens is 948 g/mol. The van der Waals surface area contributed by atoms with Crippen LogP contribution in [0, 0.1) is 0 Å². The lowest BCUT2D eigenvalue weighted by atomic mass is 10.0. The van der Waals surface area contributed by atoms with Crippen LogP contribution >= 0.6 is 7.82 Å². The van der Waals surface area contributed by atoms with Crippen molar-refractivity contribution < 1.29 is 32.9 Å². The van der Waals surface area contributed by atoms with Crippen LogP contribution in [-0.2, 0) is 18.4 Å². The minimum absolute atomic E-state index is 0.0165. The molecule has 0 aliphatic heterocycles. The number of carbonyl (C=O) groups excluding carboxylic acids is 1. The van der Waals surface area contributed by atoms with Gasteiger partial charge in [0.2, 0.25) is 5.91 Å². The van der Waals surface area contributed by atoms with Crippen molar-refractivity contribution >= 4 is 13.7 Å². The summed E-state index contributed by atoms with van der Waals surface area (Å²) >= 11 is 0. The maximum absolute atomic E-state index is 13.0. The van der Waals surface area contributed by atoms with Crippen LogP contribution in [0.2, 0.25) is 0 Å². The van der Waals surface area contributed by atoms with Gasteiger partial charge in [-0.25, -0.2) is 0 Å². The molecule has 0 aliphatic carbocycles. The Kier molecular flexibility index (Phi) is 57.8. The predicted molar refractivity (Wildman–Crippen MR) is 326 cm³/mol. The minimum atomic E-state index is -4.57. The summed E-state index contributed by atoms with van der Waals surface area (Å²) in [4.78, 5) is 25.5. The topological polar surface area (TPSA) is 108 Å². The maximum Gasteiger partial charge on any atom is 0.268 e. The Morgan fingerprint density at radius 3 is 0.907 bits per heavy atom. The molecule has 0 aromatic rings. The van der Waals surface area contributed by atoms with E-state index in [0.717, 1.165) is 38.5 Å². The minimum Gasteiger partial charge on any atom is -0.756 e. The van der Waals surface area contributed by atoms with Crippen LogP contribution in [0.15, 0.2) is 0 Å². The molecule has 0 heterocycles. The lowest BCUT2D eigenvalue weighted by Gasteiger charge is -2.30. The number of likely N-dealkylation sites (N-methyl/N-ethyl adjacent to an activating group) is 1. The average Bonchev–Trinajstić information content (AvgIpc) is 3.37. The SMILES string of the molecule is CCCCCCCCCCCCCCCCCCCCCCCCCCCCCCCCCCCCCCCCCCC(=O)NC(COP(=O)([O-])OCC[N+](C)(C)C)C(O)CCCCCCCCCCCCCCC. The highest BCUT2D eigenvalue weighted by molar-refractivity contribution is 7.45. The molecule has 0 fully saturated rings. The van der Waals surface area contributed by atoms with Gasteiger partial charge in [-0.05, 0) is 12.8 Å². The number of carbonyl (C=O) groups is 1. The van der Waals surface area contributed by atoms with Crippen molar-refractivity contribution in [2.24, 2.45) is 0 Å². The van der Waals surface area contributed by atoms with E-state index in [1.807, 2.05) is 21.1 Å². The van der Waals surface area contributed by atoms with Gasteiger partial charge in [-0.1, -0.05) is 348 Å². The zero-order chi connectivity index (χ0) is 54.9. The summed E-state index contributed by atoms with van der Waals surface area (Å²) < 4.78 is 23.4. The summed E-state index contributed by atoms with van der Waals surface area (Å²) in [5.74, 6) is -0.156. The standard InChI is InChI=1S/C66H135N2O6P/c1-6-8-10-12-14-16-18-20-21-22-23-24-25-26-27-28-29-30-31-32-33-34-35-36-37-38-39-40-41-42-43-44-45-46-48-50-52-54-56-58-60-66(70)67-64(63-74-75(71,72)73-62-61-68(3,4)5)65(69)59-57-55-53-51-49-47-19-17-15-13-11-9-7-2/h64-65,69H,6-63H2,1-5H3,(H-,67,70,71,72). The number of nitrogens with zero attached hydrogens (tertiary/aromatic N) is 1. The van der Waals surface area contributed by atoms with E-state index >= 15 is 0 Å². The van der Waals surface area contributed by atoms with E-state index in [0.29, 0.717) is 23.9 Å². The Morgan fingerprint density at radius 1 is 0.413 bits per heavy atom. The van der Waals surface area contributed by atoms with Crippen LogP contribution in [0.25, 0.3) is 0 Å². The van der Waals surface area contributed by atoms with Gasteiger partial charge in [0.05, 0.1) is 39.9 Å². The van der Waals surface area contributed by atoms with Crippen LogP contribution in [0.1, 0.15) is 367 Å². The van der Waals surface area contributed by atoms with Gasteiger partial charge in [-0.3, -0.25) is 9.36 Å². The zero-order valence-corrected chi connectivity index (χ0v) is 52.4. The third-order valence-electron chi connectivity index (χ3n) is 16.1. The maximum atomic E-state index is 13.0. The molecule has 0 bridgehead atoms. The van der Waals surface area contributed by atoms with Crippen molar-refractivity contribution in [2.45, 2.75) is 379 Å². The molecule has 9 heteroatoms. The highest BCUT2D eigenvalue weighted by Gasteiger charge is 2.24. The number of hydrogen-bond donors (Lipinski definition) is 2. The van der Waals surface area contributed by atoms with Gasteiger partial charge in [0.15, 0.2) is 0 Å². The van der Waals surface area contributed by atoms with Crippen molar-refractivity contribution in [3.05, 3.63) is 0 Å². The molecular formula is C66H135N2O6P. The van der Waals surface area contributed by atoms with Crippen molar-refractivity contribution in [3.8, 4) is 0 Å². The molecule has 0 spiro atoms. The second-order valence-electron chi connectivity index (χ2n) is 24.9. The van der Waals surface area contributed by atoms with E-state index < -0.39 is 20.0 Å². The largest absolute Gasteiger partial charge is 0.756 e. The van der Waals surface area contributed by atoms with E-state index in [1.54, 1.807) is 0 Å². The normalized spacial score (nSPS) is 13.6. The van der Waals surface area contributed by atoms with Crippen molar-refractivity contribution in [1.82, 2.24) is 5.32 Å². The molecule has 8 nitrogen and oxygen atoms in total. The molecule has 0 aliphatic rings. The number of nitrogens with one attached hydrogen (secondary N) is 1. The first-order chi connectivity index (χ1) is 36.5. The summed E-state index contributed by atoms with van der Waals surface area (Å²) in [7, 11) is 1.33. The lowest BCUT2D eigenvalue weighted by Crippen LogP contribution is -2.46. The zero-order valence-electron chi connectivity index (χ0n) is 51.5. The van der Waals surface area contributed by atoms with E-state index in [4.69, 9.17) is 9.05 Å².